The van der Waals surface area contributed by atoms with Crippen molar-refractivity contribution >= 4 is 11.9 Å². The highest BCUT2D eigenvalue weighted by Gasteiger charge is 2.20. The minimum absolute atomic E-state index is 0.174. The Morgan fingerprint density at radius 2 is 1.57 bits per heavy atom. The van der Waals surface area contributed by atoms with Crippen molar-refractivity contribution in [2.45, 2.75) is 26.1 Å². The first-order chi connectivity index (χ1) is 14.7. The fraction of sp³-hybridized carbons (Fsp3) is 0.217. The molecule has 2 N–H and O–H groups in total. The third kappa shape index (κ3) is 5.96. The van der Waals surface area contributed by atoms with Crippen LogP contribution in [0.4, 0.5) is 0 Å². The number of nitrogens with one attached hydrogen (secondary N) is 2. The second-order valence-corrected chi connectivity index (χ2v) is 6.60. The zero-order valence-electron chi connectivity index (χ0n) is 16.7. The van der Waals surface area contributed by atoms with Crippen LogP contribution < -0.4 is 10.6 Å². The smallest absolute Gasteiger partial charge is 0.338 e. The van der Waals surface area contributed by atoms with Crippen LogP contribution in [-0.2, 0) is 22.6 Å². The molecule has 3 rings (SSSR count). The minimum atomic E-state index is -0.599. The number of carbonyl (C=O) groups excluding carboxylic acids is 2. The van der Waals surface area contributed by atoms with E-state index >= 15 is 0 Å². The number of ether oxygens (including phenoxy) is 1. The predicted molar refractivity (Wildman–Crippen MR) is 112 cm³/mol. The van der Waals surface area contributed by atoms with Gasteiger partial charge in [0.25, 0.3) is 0 Å². The minimum Gasteiger partial charge on any atom is -0.462 e. The highest BCUT2D eigenvalue weighted by Crippen LogP contribution is 2.16. The number of rotatable bonds is 9. The molecule has 1 atom stereocenters. The SMILES string of the molecule is CCOC(=O)c1ccc(C(NCc2cccnc2)C(=O)NCc2cccnc2)cc1. The number of amides is 1. The fourth-order valence-corrected chi connectivity index (χ4v) is 2.90. The lowest BCUT2D eigenvalue weighted by molar-refractivity contribution is -0.123. The lowest BCUT2D eigenvalue weighted by Crippen LogP contribution is -2.37. The van der Waals surface area contributed by atoms with Crippen LogP contribution >= 0.6 is 0 Å². The van der Waals surface area contributed by atoms with Crippen LogP contribution in [-0.4, -0.2) is 28.5 Å². The number of esters is 1. The molecule has 2 heterocycles. The number of hydrogen-bond donors (Lipinski definition) is 2. The molecule has 0 bridgehead atoms. The van der Waals surface area contributed by atoms with E-state index in [9.17, 15) is 9.59 Å². The molecule has 0 saturated heterocycles. The van der Waals surface area contributed by atoms with E-state index in [1.807, 2.05) is 24.3 Å². The van der Waals surface area contributed by atoms with Crippen LogP contribution in [0, 0.1) is 0 Å². The van der Waals surface area contributed by atoms with Gasteiger partial charge in [-0.15, -0.1) is 0 Å². The van der Waals surface area contributed by atoms with Crippen molar-refractivity contribution in [2.75, 3.05) is 6.61 Å². The molecule has 0 aliphatic rings. The van der Waals surface area contributed by atoms with Crippen molar-refractivity contribution in [1.29, 1.82) is 0 Å². The van der Waals surface area contributed by atoms with Gasteiger partial charge in [0.15, 0.2) is 0 Å². The maximum atomic E-state index is 13.0. The van der Waals surface area contributed by atoms with Gasteiger partial charge in [-0.3, -0.25) is 20.1 Å². The molecule has 2 aromatic heterocycles. The van der Waals surface area contributed by atoms with Crippen LogP contribution in [0.3, 0.4) is 0 Å². The Kier molecular flexibility index (Phi) is 7.63. The number of hydrogen-bond acceptors (Lipinski definition) is 6. The number of pyridine rings is 2. The number of aromatic nitrogens is 2. The molecule has 0 saturated carbocycles. The summed E-state index contributed by atoms with van der Waals surface area (Å²) in [6.45, 7) is 2.92. The highest BCUT2D eigenvalue weighted by atomic mass is 16.5. The van der Waals surface area contributed by atoms with Crippen molar-refractivity contribution in [3.05, 3.63) is 95.6 Å². The average Bonchev–Trinajstić information content (AvgIpc) is 2.80. The van der Waals surface area contributed by atoms with Gasteiger partial charge in [-0.05, 0) is 47.9 Å². The molecule has 0 radical (unpaired) electrons. The first-order valence-corrected chi connectivity index (χ1v) is 9.73. The average molecular weight is 404 g/mol. The van der Waals surface area contributed by atoms with Crippen molar-refractivity contribution < 1.29 is 14.3 Å². The standard InChI is InChI=1S/C23H24N4O3/c1-2-30-23(29)20-9-7-19(8-10-20)21(26-15-17-5-3-11-24-13-17)22(28)27-16-18-6-4-12-25-14-18/h3-14,21,26H,2,15-16H2,1H3,(H,27,28). The molecule has 0 aliphatic heterocycles. The lowest BCUT2D eigenvalue weighted by Gasteiger charge is -2.19. The Hall–Kier alpha value is -3.58. The normalized spacial score (nSPS) is 11.5. The second-order valence-electron chi connectivity index (χ2n) is 6.60. The Morgan fingerprint density at radius 1 is 0.933 bits per heavy atom. The van der Waals surface area contributed by atoms with Crippen molar-refractivity contribution in [3.8, 4) is 0 Å². The monoisotopic (exact) mass is 404 g/mol. The molecule has 0 fully saturated rings. The van der Waals surface area contributed by atoms with E-state index in [1.54, 1.807) is 56.0 Å². The predicted octanol–water partition coefficient (Wildman–Crippen LogP) is 2.80. The zero-order valence-corrected chi connectivity index (χ0v) is 16.7. The molecular formula is C23H24N4O3. The highest BCUT2D eigenvalue weighted by molar-refractivity contribution is 5.90. The Labute approximate surface area is 175 Å². The first-order valence-electron chi connectivity index (χ1n) is 9.73. The van der Waals surface area contributed by atoms with Gasteiger partial charge < -0.3 is 10.1 Å². The van der Waals surface area contributed by atoms with E-state index in [4.69, 9.17) is 4.74 Å². The topological polar surface area (TPSA) is 93.2 Å². The van der Waals surface area contributed by atoms with E-state index in [0.717, 1.165) is 16.7 Å². The molecule has 1 aromatic carbocycles. The van der Waals surface area contributed by atoms with E-state index < -0.39 is 6.04 Å². The van der Waals surface area contributed by atoms with Crippen LogP contribution in [0.25, 0.3) is 0 Å². The summed E-state index contributed by atoms with van der Waals surface area (Å²) in [4.78, 5) is 33.0. The molecular weight excluding hydrogens is 380 g/mol. The summed E-state index contributed by atoms with van der Waals surface area (Å²) < 4.78 is 5.02. The molecule has 3 aromatic rings. The van der Waals surface area contributed by atoms with Crippen LogP contribution in [0.5, 0.6) is 0 Å². The van der Waals surface area contributed by atoms with E-state index in [-0.39, 0.29) is 11.9 Å². The summed E-state index contributed by atoms with van der Waals surface area (Å²) in [5.41, 5.74) is 3.07. The number of nitrogens with zero attached hydrogens (tertiary/aromatic N) is 2. The third-order valence-electron chi connectivity index (χ3n) is 4.44. The van der Waals surface area contributed by atoms with Gasteiger partial charge in [-0.25, -0.2) is 4.79 Å². The summed E-state index contributed by atoms with van der Waals surface area (Å²) in [5, 5.41) is 6.22. The maximum Gasteiger partial charge on any atom is 0.338 e. The molecule has 1 amide bonds. The first kappa shape index (κ1) is 21.1. The van der Waals surface area contributed by atoms with Gasteiger partial charge in [0.1, 0.15) is 6.04 Å². The lowest BCUT2D eigenvalue weighted by atomic mass is 10.0. The molecule has 30 heavy (non-hydrogen) atoms. The van der Waals surface area contributed by atoms with Gasteiger partial charge >= 0.3 is 5.97 Å². The summed E-state index contributed by atoms with van der Waals surface area (Å²) in [5.74, 6) is -0.559. The number of benzene rings is 1. The molecule has 0 aliphatic carbocycles. The summed E-state index contributed by atoms with van der Waals surface area (Å²) in [7, 11) is 0. The van der Waals surface area contributed by atoms with Crippen molar-refractivity contribution in [2.24, 2.45) is 0 Å². The quantitative estimate of drug-likeness (QED) is 0.533. The number of carbonyl (C=O) groups is 2. The van der Waals surface area contributed by atoms with Crippen LogP contribution in [0.15, 0.2) is 73.3 Å². The maximum absolute atomic E-state index is 13.0. The van der Waals surface area contributed by atoms with Crippen molar-refractivity contribution in [3.63, 3.8) is 0 Å². The molecule has 7 heteroatoms. The van der Waals surface area contributed by atoms with Gasteiger partial charge in [-0.1, -0.05) is 24.3 Å². The van der Waals surface area contributed by atoms with Crippen LogP contribution in [0.1, 0.15) is 40.0 Å². The van der Waals surface area contributed by atoms with Gasteiger partial charge in [0.05, 0.1) is 12.2 Å². The Balaban J connectivity index is 1.74. The zero-order chi connectivity index (χ0) is 21.2. The van der Waals surface area contributed by atoms with E-state index in [2.05, 4.69) is 20.6 Å². The van der Waals surface area contributed by atoms with Gasteiger partial charge in [-0.2, -0.15) is 0 Å². The summed E-state index contributed by atoms with van der Waals surface area (Å²) in [6, 6.07) is 13.8. The van der Waals surface area contributed by atoms with E-state index in [0.29, 0.717) is 25.3 Å². The summed E-state index contributed by atoms with van der Waals surface area (Å²) in [6.07, 6.45) is 6.86. The van der Waals surface area contributed by atoms with Gasteiger partial charge in [0, 0.05) is 37.9 Å². The molecule has 1 unspecified atom stereocenters. The van der Waals surface area contributed by atoms with Crippen LogP contribution in [0.2, 0.25) is 0 Å². The molecule has 0 spiro atoms. The van der Waals surface area contributed by atoms with Gasteiger partial charge in [0.2, 0.25) is 5.91 Å². The third-order valence-corrected chi connectivity index (χ3v) is 4.44. The fourth-order valence-electron chi connectivity index (χ4n) is 2.90. The summed E-state index contributed by atoms with van der Waals surface area (Å²) >= 11 is 0. The second kappa shape index (κ2) is 10.8. The van der Waals surface area contributed by atoms with Crippen molar-refractivity contribution in [1.82, 2.24) is 20.6 Å². The largest absolute Gasteiger partial charge is 0.462 e. The Bertz CT molecular complexity index is 947. The molecule has 154 valence electrons. The Morgan fingerprint density at radius 3 is 2.13 bits per heavy atom. The van der Waals surface area contributed by atoms with E-state index in [1.165, 1.54) is 0 Å². The molecule has 7 nitrogen and oxygen atoms in total.